The molecular formula is C18H18N4O3. The van der Waals surface area contributed by atoms with Crippen LogP contribution in [0.25, 0.3) is 6.08 Å². The fourth-order valence-electron chi connectivity index (χ4n) is 2.80. The molecule has 1 amide bonds. The van der Waals surface area contributed by atoms with E-state index in [4.69, 9.17) is 0 Å². The number of carbonyl (C=O) groups excluding carboxylic acids is 1. The van der Waals surface area contributed by atoms with Crippen LogP contribution in [0.3, 0.4) is 0 Å². The van der Waals surface area contributed by atoms with E-state index < -0.39 is 0 Å². The van der Waals surface area contributed by atoms with Crippen LogP contribution in [-0.2, 0) is 4.79 Å². The fraction of sp³-hybridized carbons (Fsp3) is 0.222. The molecule has 25 heavy (non-hydrogen) atoms. The van der Waals surface area contributed by atoms with E-state index in [1.54, 1.807) is 41.6 Å². The van der Waals surface area contributed by atoms with Crippen molar-refractivity contribution in [3.63, 3.8) is 0 Å². The van der Waals surface area contributed by atoms with Gasteiger partial charge in [-0.05, 0) is 23.8 Å². The SMILES string of the molecule is O=C(/C=C/c1cccnc1)N1CCN(c2ccccc2[N+](=O)[O-])CC1. The highest BCUT2D eigenvalue weighted by Gasteiger charge is 2.24. The molecule has 1 aromatic carbocycles. The van der Waals surface area contributed by atoms with Crippen molar-refractivity contribution in [2.24, 2.45) is 0 Å². The number of rotatable bonds is 4. The van der Waals surface area contributed by atoms with Crippen LogP contribution in [0.15, 0.2) is 54.9 Å². The van der Waals surface area contributed by atoms with E-state index in [0.29, 0.717) is 31.9 Å². The van der Waals surface area contributed by atoms with Crippen molar-refractivity contribution in [3.05, 3.63) is 70.5 Å². The molecule has 0 unspecified atom stereocenters. The molecule has 2 heterocycles. The van der Waals surface area contributed by atoms with Gasteiger partial charge < -0.3 is 9.80 Å². The molecule has 0 atom stereocenters. The van der Waals surface area contributed by atoms with Crippen molar-refractivity contribution in [1.82, 2.24) is 9.88 Å². The number of hydrogen-bond donors (Lipinski definition) is 0. The van der Waals surface area contributed by atoms with Crippen LogP contribution < -0.4 is 4.90 Å². The maximum Gasteiger partial charge on any atom is 0.292 e. The van der Waals surface area contributed by atoms with E-state index >= 15 is 0 Å². The first-order valence-corrected chi connectivity index (χ1v) is 8.00. The van der Waals surface area contributed by atoms with Gasteiger partial charge in [0.25, 0.3) is 5.69 Å². The topological polar surface area (TPSA) is 79.6 Å². The van der Waals surface area contributed by atoms with E-state index in [9.17, 15) is 14.9 Å². The van der Waals surface area contributed by atoms with Gasteiger partial charge in [0.05, 0.1) is 4.92 Å². The van der Waals surface area contributed by atoms with Crippen LogP contribution in [0, 0.1) is 10.1 Å². The zero-order valence-corrected chi connectivity index (χ0v) is 13.6. The molecule has 1 saturated heterocycles. The number of piperazine rings is 1. The maximum atomic E-state index is 12.3. The Kier molecular flexibility index (Phi) is 5.03. The quantitative estimate of drug-likeness (QED) is 0.486. The Labute approximate surface area is 145 Å². The first-order valence-electron chi connectivity index (χ1n) is 8.00. The molecule has 2 aromatic rings. The number of amides is 1. The molecule has 0 N–H and O–H groups in total. The Hall–Kier alpha value is -3.22. The maximum absolute atomic E-state index is 12.3. The second-order valence-electron chi connectivity index (χ2n) is 5.68. The van der Waals surface area contributed by atoms with Gasteiger partial charge in [0.15, 0.2) is 0 Å². The van der Waals surface area contributed by atoms with E-state index in [1.165, 1.54) is 12.1 Å². The number of nitro benzene ring substituents is 1. The largest absolute Gasteiger partial charge is 0.362 e. The lowest BCUT2D eigenvalue weighted by Gasteiger charge is -2.35. The van der Waals surface area contributed by atoms with Gasteiger partial charge in [-0.25, -0.2) is 0 Å². The molecule has 0 saturated carbocycles. The van der Waals surface area contributed by atoms with Gasteiger partial charge in [0.2, 0.25) is 5.91 Å². The number of pyridine rings is 1. The molecule has 0 radical (unpaired) electrons. The molecule has 1 aliphatic rings. The third-order valence-corrected chi connectivity index (χ3v) is 4.11. The van der Waals surface area contributed by atoms with E-state index in [2.05, 4.69) is 4.98 Å². The summed E-state index contributed by atoms with van der Waals surface area (Å²) in [7, 11) is 0. The van der Waals surface area contributed by atoms with Crippen molar-refractivity contribution in [2.45, 2.75) is 0 Å². The van der Waals surface area contributed by atoms with Crippen LogP contribution in [-0.4, -0.2) is 46.9 Å². The zero-order valence-electron chi connectivity index (χ0n) is 13.6. The van der Waals surface area contributed by atoms with Crippen LogP contribution in [0.4, 0.5) is 11.4 Å². The lowest BCUT2D eigenvalue weighted by Crippen LogP contribution is -2.48. The highest BCUT2D eigenvalue weighted by Crippen LogP contribution is 2.28. The Bertz CT molecular complexity index is 784. The third kappa shape index (κ3) is 4.00. The lowest BCUT2D eigenvalue weighted by molar-refractivity contribution is -0.384. The standard InChI is InChI=1S/C18H18N4O3/c23-18(8-7-15-4-3-9-19-14-15)21-12-10-20(11-13-21)16-5-1-2-6-17(16)22(24)25/h1-9,14H,10-13H2/b8-7+. The van der Waals surface area contributed by atoms with Crippen molar-refractivity contribution in [3.8, 4) is 0 Å². The first-order chi connectivity index (χ1) is 12.1. The molecule has 0 aliphatic carbocycles. The molecular weight excluding hydrogens is 320 g/mol. The highest BCUT2D eigenvalue weighted by molar-refractivity contribution is 5.91. The summed E-state index contributed by atoms with van der Waals surface area (Å²) in [6.07, 6.45) is 6.65. The smallest absolute Gasteiger partial charge is 0.292 e. The van der Waals surface area contributed by atoms with Crippen LogP contribution in [0.5, 0.6) is 0 Å². The Morgan fingerprint density at radius 1 is 1.12 bits per heavy atom. The van der Waals surface area contributed by atoms with Gasteiger partial charge in [-0.3, -0.25) is 19.9 Å². The normalized spacial score (nSPS) is 14.7. The van der Waals surface area contributed by atoms with E-state index in [1.807, 2.05) is 17.0 Å². The number of nitrogens with zero attached hydrogens (tertiary/aromatic N) is 4. The molecule has 128 valence electrons. The number of anilines is 1. The summed E-state index contributed by atoms with van der Waals surface area (Å²) in [6, 6.07) is 10.4. The molecule has 1 fully saturated rings. The minimum atomic E-state index is -0.372. The minimum Gasteiger partial charge on any atom is -0.362 e. The van der Waals surface area contributed by atoms with Gasteiger partial charge in [0, 0.05) is 50.7 Å². The number of carbonyl (C=O) groups is 1. The van der Waals surface area contributed by atoms with Crippen LogP contribution >= 0.6 is 0 Å². The molecule has 0 spiro atoms. The second kappa shape index (κ2) is 7.57. The molecule has 7 nitrogen and oxygen atoms in total. The van der Waals surface area contributed by atoms with Gasteiger partial charge in [-0.15, -0.1) is 0 Å². The summed E-state index contributed by atoms with van der Waals surface area (Å²) in [5, 5.41) is 11.2. The first kappa shape index (κ1) is 16.6. The van der Waals surface area contributed by atoms with Gasteiger partial charge in [-0.1, -0.05) is 18.2 Å². The monoisotopic (exact) mass is 338 g/mol. The van der Waals surface area contributed by atoms with Crippen molar-refractivity contribution in [1.29, 1.82) is 0 Å². The fourth-order valence-corrected chi connectivity index (χ4v) is 2.80. The Morgan fingerprint density at radius 3 is 2.56 bits per heavy atom. The lowest BCUT2D eigenvalue weighted by atomic mass is 10.2. The van der Waals surface area contributed by atoms with Gasteiger partial charge >= 0.3 is 0 Å². The predicted molar refractivity (Wildman–Crippen MR) is 95.2 cm³/mol. The average molecular weight is 338 g/mol. The number of para-hydroxylation sites is 2. The Balaban J connectivity index is 1.61. The molecule has 3 rings (SSSR count). The van der Waals surface area contributed by atoms with Crippen molar-refractivity contribution in [2.75, 3.05) is 31.1 Å². The predicted octanol–water partition coefficient (Wildman–Crippen LogP) is 2.35. The zero-order chi connectivity index (χ0) is 17.6. The van der Waals surface area contributed by atoms with Gasteiger partial charge in [-0.2, -0.15) is 0 Å². The van der Waals surface area contributed by atoms with Crippen LogP contribution in [0.1, 0.15) is 5.56 Å². The second-order valence-corrected chi connectivity index (χ2v) is 5.68. The number of benzene rings is 1. The summed E-state index contributed by atoms with van der Waals surface area (Å²) < 4.78 is 0. The summed E-state index contributed by atoms with van der Waals surface area (Å²) in [4.78, 5) is 30.8. The molecule has 1 aromatic heterocycles. The Morgan fingerprint density at radius 2 is 1.88 bits per heavy atom. The highest BCUT2D eigenvalue weighted by atomic mass is 16.6. The minimum absolute atomic E-state index is 0.0638. The molecule has 1 aliphatic heterocycles. The van der Waals surface area contributed by atoms with Crippen molar-refractivity contribution >= 4 is 23.4 Å². The average Bonchev–Trinajstić information content (AvgIpc) is 2.67. The summed E-state index contributed by atoms with van der Waals surface area (Å²) in [5.74, 6) is -0.0638. The van der Waals surface area contributed by atoms with E-state index in [-0.39, 0.29) is 16.5 Å². The summed E-state index contributed by atoms with van der Waals surface area (Å²) >= 11 is 0. The molecule has 7 heteroatoms. The molecule has 0 bridgehead atoms. The number of hydrogen-bond acceptors (Lipinski definition) is 5. The number of nitro groups is 1. The number of aromatic nitrogens is 1. The summed E-state index contributed by atoms with van der Waals surface area (Å²) in [6.45, 7) is 2.19. The van der Waals surface area contributed by atoms with Crippen LogP contribution in [0.2, 0.25) is 0 Å². The third-order valence-electron chi connectivity index (χ3n) is 4.11. The summed E-state index contributed by atoms with van der Waals surface area (Å²) in [5.41, 5.74) is 1.57. The van der Waals surface area contributed by atoms with E-state index in [0.717, 1.165) is 5.56 Å². The van der Waals surface area contributed by atoms with Crippen molar-refractivity contribution < 1.29 is 9.72 Å². The van der Waals surface area contributed by atoms with Gasteiger partial charge in [0.1, 0.15) is 5.69 Å².